The minimum absolute atomic E-state index is 0.226. The van der Waals surface area contributed by atoms with Crippen molar-refractivity contribution in [2.24, 2.45) is 11.7 Å². The lowest BCUT2D eigenvalue weighted by molar-refractivity contribution is 0.433. The van der Waals surface area contributed by atoms with E-state index in [0.29, 0.717) is 5.92 Å². The van der Waals surface area contributed by atoms with Crippen molar-refractivity contribution in [1.29, 1.82) is 0 Å². The van der Waals surface area contributed by atoms with Crippen molar-refractivity contribution in [3.8, 4) is 0 Å². The molecule has 62 valence electrons. The van der Waals surface area contributed by atoms with Gasteiger partial charge in [-0.05, 0) is 5.92 Å². The molecule has 1 unspecified atom stereocenters. The number of nitrogens with zero attached hydrogens (tertiary/aromatic N) is 2. The fourth-order valence-corrected chi connectivity index (χ4v) is 0.849. The lowest BCUT2D eigenvalue weighted by Gasteiger charge is -2.15. The summed E-state index contributed by atoms with van der Waals surface area (Å²) in [4.78, 5) is 3.94. The first-order chi connectivity index (χ1) is 5.20. The molecule has 1 aromatic heterocycles. The van der Waals surface area contributed by atoms with Crippen LogP contribution in [0.5, 0.6) is 0 Å². The molecular formula is C8H15N3. The third-order valence-corrected chi connectivity index (χ3v) is 1.84. The van der Waals surface area contributed by atoms with E-state index in [1.807, 2.05) is 10.8 Å². The Morgan fingerprint density at radius 2 is 2.27 bits per heavy atom. The first-order valence-corrected chi connectivity index (χ1v) is 3.91. The van der Waals surface area contributed by atoms with Crippen LogP contribution in [0.25, 0.3) is 0 Å². The van der Waals surface area contributed by atoms with E-state index in [9.17, 15) is 0 Å². The second-order valence-electron chi connectivity index (χ2n) is 3.17. The molecule has 3 heteroatoms. The van der Waals surface area contributed by atoms with Gasteiger partial charge in [0.1, 0.15) is 0 Å². The number of rotatable bonds is 3. The van der Waals surface area contributed by atoms with Crippen LogP contribution in [0.3, 0.4) is 0 Å². The summed E-state index contributed by atoms with van der Waals surface area (Å²) in [5.41, 5.74) is 5.86. The van der Waals surface area contributed by atoms with Gasteiger partial charge in [-0.15, -0.1) is 0 Å². The molecule has 2 N–H and O–H groups in total. The van der Waals surface area contributed by atoms with Gasteiger partial charge in [0.15, 0.2) is 0 Å². The molecule has 1 heterocycles. The highest BCUT2D eigenvalue weighted by atomic mass is 15.0. The average molecular weight is 153 g/mol. The van der Waals surface area contributed by atoms with E-state index < -0.39 is 0 Å². The lowest BCUT2D eigenvalue weighted by Crippen LogP contribution is -2.30. The van der Waals surface area contributed by atoms with E-state index in [2.05, 4.69) is 18.8 Å². The maximum Gasteiger partial charge on any atom is 0.0946 e. The van der Waals surface area contributed by atoms with Gasteiger partial charge in [-0.25, -0.2) is 4.98 Å². The van der Waals surface area contributed by atoms with Gasteiger partial charge in [0.25, 0.3) is 0 Å². The van der Waals surface area contributed by atoms with Gasteiger partial charge in [-0.1, -0.05) is 13.8 Å². The highest BCUT2D eigenvalue weighted by Crippen LogP contribution is 2.00. The predicted molar refractivity (Wildman–Crippen MR) is 45.0 cm³/mol. The summed E-state index contributed by atoms with van der Waals surface area (Å²) in [5, 5.41) is 0. The molecule has 0 spiro atoms. The first-order valence-electron chi connectivity index (χ1n) is 3.91. The van der Waals surface area contributed by atoms with Crippen molar-refractivity contribution in [2.45, 2.75) is 26.4 Å². The smallest absolute Gasteiger partial charge is 0.0946 e. The number of aromatic nitrogens is 2. The van der Waals surface area contributed by atoms with Crippen LogP contribution in [0.2, 0.25) is 0 Å². The molecule has 0 aromatic carbocycles. The van der Waals surface area contributed by atoms with Crippen LogP contribution in [0, 0.1) is 5.92 Å². The molecule has 0 amide bonds. The van der Waals surface area contributed by atoms with Crippen LogP contribution in [0.4, 0.5) is 0 Å². The Balaban J connectivity index is 2.43. The van der Waals surface area contributed by atoms with Crippen molar-refractivity contribution >= 4 is 0 Å². The Bertz CT molecular complexity index is 191. The van der Waals surface area contributed by atoms with Crippen LogP contribution < -0.4 is 5.73 Å². The van der Waals surface area contributed by atoms with Gasteiger partial charge >= 0.3 is 0 Å². The van der Waals surface area contributed by atoms with Crippen molar-refractivity contribution in [2.75, 3.05) is 0 Å². The van der Waals surface area contributed by atoms with Gasteiger partial charge < -0.3 is 10.3 Å². The molecule has 0 aliphatic rings. The highest BCUT2D eigenvalue weighted by Gasteiger charge is 2.06. The van der Waals surface area contributed by atoms with Gasteiger partial charge in [-0.2, -0.15) is 0 Å². The van der Waals surface area contributed by atoms with E-state index in [1.54, 1.807) is 12.5 Å². The minimum atomic E-state index is 0.226. The standard InChI is InChI=1S/C8H15N3/c1-7(2)8(9)5-11-4-3-10-6-11/h3-4,6-8H,5,9H2,1-2H3. The molecule has 0 aliphatic carbocycles. The molecule has 0 saturated heterocycles. The van der Waals surface area contributed by atoms with Gasteiger partial charge in [0.2, 0.25) is 0 Å². The molecule has 0 radical (unpaired) electrons. The summed E-state index contributed by atoms with van der Waals surface area (Å²) < 4.78 is 2.00. The summed E-state index contributed by atoms with van der Waals surface area (Å²) >= 11 is 0. The molecule has 0 fully saturated rings. The topological polar surface area (TPSA) is 43.8 Å². The largest absolute Gasteiger partial charge is 0.336 e. The molecule has 0 saturated carbocycles. The van der Waals surface area contributed by atoms with E-state index in [0.717, 1.165) is 6.54 Å². The normalized spacial score (nSPS) is 13.8. The fraction of sp³-hybridized carbons (Fsp3) is 0.625. The van der Waals surface area contributed by atoms with Crippen molar-refractivity contribution in [1.82, 2.24) is 9.55 Å². The van der Waals surface area contributed by atoms with Crippen molar-refractivity contribution in [3.05, 3.63) is 18.7 Å². The zero-order chi connectivity index (χ0) is 8.27. The van der Waals surface area contributed by atoms with Crippen LogP contribution in [0.15, 0.2) is 18.7 Å². The summed E-state index contributed by atoms with van der Waals surface area (Å²) in [7, 11) is 0. The van der Waals surface area contributed by atoms with Gasteiger partial charge in [-0.3, -0.25) is 0 Å². The summed E-state index contributed by atoms with van der Waals surface area (Å²) in [5.74, 6) is 0.525. The maximum absolute atomic E-state index is 5.86. The summed E-state index contributed by atoms with van der Waals surface area (Å²) in [6, 6.07) is 0.226. The maximum atomic E-state index is 5.86. The van der Waals surface area contributed by atoms with E-state index in [1.165, 1.54) is 0 Å². The van der Waals surface area contributed by atoms with Crippen LogP contribution >= 0.6 is 0 Å². The van der Waals surface area contributed by atoms with E-state index in [4.69, 9.17) is 5.73 Å². The average Bonchev–Trinajstić information content (AvgIpc) is 2.39. The number of hydrogen-bond acceptors (Lipinski definition) is 2. The second-order valence-corrected chi connectivity index (χ2v) is 3.17. The molecule has 1 rings (SSSR count). The quantitative estimate of drug-likeness (QED) is 0.700. The summed E-state index contributed by atoms with van der Waals surface area (Å²) in [6.45, 7) is 5.11. The van der Waals surface area contributed by atoms with Crippen LogP contribution in [0.1, 0.15) is 13.8 Å². The monoisotopic (exact) mass is 153 g/mol. The number of imidazole rings is 1. The Hall–Kier alpha value is -0.830. The number of nitrogens with two attached hydrogens (primary N) is 1. The third kappa shape index (κ3) is 2.35. The lowest BCUT2D eigenvalue weighted by atomic mass is 10.1. The Morgan fingerprint density at radius 1 is 1.55 bits per heavy atom. The minimum Gasteiger partial charge on any atom is -0.336 e. The Morgan fingerprint density at radius 3 is 2.73 bits per heavy atom. The SMILES string of the molecule is CC(C)C(N)Cn1ccnc1. The molecule has 0 aliphatic heterocycles. The van der Waals surface area contributed by atoms with Gasteiger partial charge in [0, 0.05) is 25.0 Å². The molecule has 1 aromatic rings. The first kappa shape index (κ1) is 8.27. The zero-order valence-corrected chi connectivity index (χ0v) is 7.07. The highest BCUT2D eigenvalue weighted by molar-refractivity contribution is 4.77. The molecule has 11 heavy (non-hydrogen) atoms. The molecule has 0 bridgehead atoms. The third-order valence-electron chi connectivity index (χ3n) is 1.84. The number of hydrogen-bond donors (Lipinski definition) is 1. The second kappa shape index (κ2) is 3.53. The molecule has 3 nitrogen and oxygen atoms in total. The van der Waals surface area contributed by atoms with E-state index >= 15 is 0 Å². The van der Waals surface area contributed by atoms with Crippen molar-refractivity contribution in [3.63, 3.8) is 0 Å². The van der Waals surface area contributed by atoms with Crippen LogP contribution in [-0.4, -0.2) is 15.6 Å². The van der Waals surface area contributed by atoms with E-state index in [-0.39, 0.29) is 6.04 Å². The van der Waals surface area contributed by atoms with Gasteiger partial charge in [0.05, 0.1) is 6.33 Å². The predicted octanol–water partition coefficient (Wildman–Crippen LogP) is 0.866. The van der Waals surface area contributed by atoms with Crippen LogP contribution in [-0.2, 0) is 6.54 Å². The molecule has 1 atom stereocenters. The summed E-state index contributed by atoms with van der Waals surface area (Å²) in [6.07, 6.45) is 5.50. The zero-order valence-electron chi connectivity index (χ0n) is 7.07. The Kier molecular flexibility index (Phi) is 2.65. The fourth-order valence-electron chi connectivity index (χ4n) is 0.849. The van der Waals surface area contributed by atoms with Crippen molar-refractivity contribution < 1.29 is 0 Å². The molecular weight excluding hydrogens is 138 g/mol. The Labute approximate surface area is 67.2 Å².